The normalized spacial score (nSPS) is 19.3. The van der Waals surface area contributed by atoms with Gasteiger partial charge in [-0.25, -0.2) is 8.42 Å². The highest BCUT2D eigenvalue weighted by Crippen LogP contribution is 2.02. The Labute approximate surface area is 102 Å². The molecule has 0 bridgehead atoms. The zero-order chi connectivity index (χ0) is 12.1. The van der Waals surface area contributed by atoms with E-state index in [0.717, 1.165) is 5.56 Å². The van der Waals surface area contributed by atoms with Crippen LogP contribution < -0.4 is 0 Å². The summed E-state index contributed by atoms with van der Waals surface area (Å²) in [6, 6.07) is 9.80. The van der Waals surface area contributed by atoms with Crippen LogP contribution in [0.5, 0.6) is 0 Å². The fourth-order valence-corrected chi connectivity index (χ4v) is 2.96. The van der Waals surface area contributed by atoms with Crippen LogP contribution in [0.2, 0.25) is 0 Å². The summed E-state index contributed by atoms with van der Waals surface area (Å²) in [7, 11) is -2.78. The zero-order valence-corrected chi connectivity index (χ0v) is 10.4. The van der Waals surface area contributed by atoms with Crippen LogP contribution in [0.1, 0.15) is 5.56 Å². The molecule has 0 aliphatic carbocycles. The lowest BCUT2D eigenvalue weighted by Crippen LogP contribution is -2.40. The largest absolute Gasteiger partial charge is 0.290 e. The lowest BCUT2D eigenvalue weighted by atomic mass is 10.2. The van der Waals surface area contributed by atoms with Crippen LogP contribution in [0, 0.1) is 11.8 Å². The van der Waals surface area contributed by atoms with E-state index in [-0.39, 0.29) is 11.5 Å². The second-order valence-corrected chi connectivity index (χ2v) is 6.40. The molecule has 0 saturated carbocycles. The van der Waals surface area contributed by atoms with Gasteiger partial charge in [0.25, 0.3) is 0 Å². The number of rotatable bonds is 1. The molecule has 0 spiro atoms. The van der Waals surface area contributed by atoms with Gasteiger partial charge in [-0.15, -0.1) is 0 Å². The van der Waals surface area contributed by atoms with Gasteiger partial charge >= 0.3 is 0 Å². The summed E-state index contributed by atoms with van der Waals surface area (Å²) in [6.45, 7) is 1.85. The zero-order valence-electron chi connectivity index (χ0n) is 9.59. The van der Waals surface area contributed by atoms with Crippen molar-refractivity contribution in [1.29, 1.82) is 0 Å². The molecule has 0 unspecified atom stereocenters. The molecule has 4 heteroatoms. The number of hydrogen-bond donors (Lipinski definition) is 0. The molecule has 0 N–H and O–H groups in total. The minimum atomic E-state index is -2.78. The molecule has 90 valence electrons. The van der Waals surface area contributed by atoms with Crippen LogP contribution in [0.15, 0.2) is 30.3 Å². The Morgan fingerprint density at radius 1 is 1.12 bits per heavy atom. The third-order valence-corrected chi connectivity index (χ3v) is 4.36. The van der Waals surface area contributed by atoms with Gasteiger partial charge in [0.15, 0.2) is 9.84 Å². The Morgan fingerprint density at radius 2 is 1.76 bits per heavy atom. The number of benzene rings is 1. The summed E-state index contributed by atoms with van der Waals surface area (Å²) in [5.41, 5.74) is 0.997. The van der Waals surface area contributed by atoms with E-state index in [2.05, 4.69) is 16.7 Å². The van der Waals surface area contributed by atoms with E-state index < -0.39 is 9.84 Å². The molecule has 1 aromatic rings. The lowest BCUT2D eigenvalue weighted by molar-refractivity contribution is 0.332. The van der Waals surface area contributed by atoms with Crippen LogP contribution in [0.4, 0.5) is 0 Å². The molecular weight excluding hydrogens is 234 g/mol. The molecule has 3 nitrogen and oxygen atoms in total. The second-order valence-electron chi connectivity index (χ2n) is 4.10. The molecule has 2 rings (SSSR count). The third kappa shape index (κ3) is 3.88. The Bertz CT molecular complexity index is 512. The van der Waals surface area contributed by atoms with Crippen molar-refractivity contribution in [3.8, 4) is 11.8 Å². The molecule has 1 aliphatic rings. The quantitative estimate of drug-likeness (QED) is 0.690. The van der Waals surface area contributed by atoms with Crippen LogP contribution in [0.3, 0.4) is 0 Å². The predicted molar refractivity (Wildman–Crippen MR) is 68.4 cm³/mol. The molecule has 1 saturated heterocycles. The smallest absolute Gasteiger partial charge is 0.152 e. The summed E-state index contributed by atoms with van der Waals surface area (Å²) in [6.07, 6.45) is 0. The monoisotopic (exact) mass is 249 g/mol. The highest BCUT2D eigenvalue weighted by Gasteiger charge is 2.20. The first-order valence-electron chi connectivity index (χ1n) is 5.62. The van der Waals surface area contributed by atoms with E-state index in [1.807, 2.05) is 30.3 Å². The summed E-state index contributed by atoms with van der Waals surface area (Å²) in [4.78, 5) is 2.08. The van der Waals surface area contributed by atoms with Gasteiger partial charge in [0.2, 0.25) is 0 Å². The molecule has 1 aliphatic heterocycles. The van der Waals surface area contributed by atoms with Crippen molar-refractivity contribution in [2.45, 2.75) is 0 Å². The Kier molecular flexibility index (Phi) is 3.82. The molecule has 1 fully saturated rings. The van der Waals surface area contributed by atoms with Crippen molar-refractivity contribution < 1.29 is 8.42 Å². The molecule has 17 heavy (non-hydrogen) atoms. The molecule has 1 aromatic carbocycles. The maximum Gasteiger partial charge on any atom is 0.152 e. The molecule has 0 atom stereocenters. The van der Waals surface area contributed by atoms with Gasteiger partial charge < -0.3 is 0 Å². The van der Waals surface area contributed by atoms with E-state index >= 15 is 0 Å². The van der Waals surface area contributed by atoms with Crippen molar-refractivity contribution in [1.82, 2.24) is 4.90 Å². The maximum atomic E-state index is 11.2. The van der Waals surface area contributed by atoms with Crippen molar-refractivity contribution in [2.75, 3.05) is 31.1 Å². The average Bonchev–Trinajstić information content (AvgIpc) is 2.33. The van der Waals surface area contributed by atoms with E-state index in [4.69, 9.17) is 0 Å². The summed E-state index contributed by atoms with van der Waals surface area (Å²) in [5, 5.41) is 0. The van der Waals surface area contributed by atoms with Crippen LogP contribution in [-0.4, -0.2) is 44.5 Å². The van der Waals surface area contributed by atoms with E-state index in [1.54, 1.807) is 0 Å². The lowest BCUT2D eigenvalue weighted by Gasteiger charge is -2.24. The Balaban J connectivity index is 1.86. The molecular formula is C13H15NO2S. The van der Waals surface area contributed by atoms with Crippen molar-refractivity contribution >= 4 is 9.84 Å². The standard InChI is InChI=1S/C13H15NO2S/c15-17(16)11-9-14(10-12-17)8-4-7-13-5-2-1-3-6-13/h1-3,5-6H,8-12H2. The van der Waals surface area contributed by atoms with E-state index in [1.165, 1.54) is 0 Å². The second kappa shape index (κ2) is 5.35. The van der Waals surface area contributed by atoms with Gasteiger partial charge in [-0.05, 0) is 12.1 Å². The van der Waals surface area contributed by atoms with Gasteiger partial charge in [0, 0.05) is 18.7 Å². The van der Waals surface area contributed by atoms with E-state index in [0.29, 0.717) is 19.6 Å². The first-order chi connectivity index (χ1) is 8.16. The molecule has 0 aromatic heterocycles. The van der Waals surface area contributed by atoms with Gasteiger partial charge in [-0.3, -0.25) is 4.90 Å². The molecule has 0 radical (unpaired) electrons. The van der Waals surface area contributed by atoms with Gasteiger partial charge in [-0.2, -0.15) is 0 Å². The number of hydrogen-bond acceptors (Lipinski definition) is 3. The van der Waals surface area contributed by atoms with E-state index in [9.17, 15) is 8.42 Å². The van der Waals surface area contributed by atoms with Gasteiger partial charge in [0.1, 0.15) is 0 Å². The molecule has 0 amide bonds. The van der Waals surface area contributed by atoms with Crippen LogP contribution in [-0.2, 0) is 9.84 Å². The summed E-state index contributed by atoms with van der Waals surface area (Å²) >= 11 is 0. The van der Waals surface area contributed by atoms with Crippen LogP contribution in [0.25, 0.3) is 0 Å². The minimum absolute atomic E-state index is 0.264. The highest BCUT2D eigenvalue weighted by atomic mass is 32.2. The summed E-state index contributed by atoms with van der Waals surface area (Å²) < 4.78 is 22.5. The molecule has 1 heterocycles. The SMILES string of the molecule is O=S1(=O)CCN(CC#Cc2ccccc2)CC1. The number of sulfone groups is 1. The van der Waals surface area contributed by atoms with Gasteiger partial charge in [0.05, 0.1) is 18.1 Å². The first-order valence-corrected chi connectivity index (χ1v) is 7.44. The average molecular weight is 249 g/mol. The first kappa shape index (κ1) is 12.2. The van der Waals surface area contributed by atoms with Crippen molar-refractivity contribution in [3.05, 3.63) is 35.9 Å². The summed E-state index contributed by atoms with van der Waals surface area (Å²) in [5.74, 6) is 6.68. The van der Waals surface area contributed by atoms with Gasteiger partial charge in [-0.1, -0.05) is 30.0 Å². The maximum absolute atomic E-state index is 11.2. The third-order valence-electron chi connectivity index (χ3n) is 2.75. The topological polar surface area (TPSA) is 37.4 Å². The Morgan fingerprint density at radius 3 is 2.41 bits per heavy atom. The van der Waals surface area contributed by atoms with Crippen LogP contribution >= 0.6 is 0 Å². The number of nitrogens with zero attached hydrogens (tertiary/aromatic N) is 1. The minimum Gasteiger partial charge on any atom is -0.290 e. The highest BCUT2D eigenvalue weighted by molar-refractivity contribution is 7.91. The fourth-order valence-electron chi connectivity index (χ4n) is 1.68. The predicted octanol–water partition coefficient (Wildman–Crippen LogP) is 0.768. The van der Waals surface area contributed by atoms with Crippen molar-refractivity contribution in [2.24, 2.45) is 0 Å². The van der Waals surface area contributed by atoms with Crippen molar-refractivity contribution in [3.63, 3.8) is 0 Å². The fraction of sp³-hybridized carbons (Fsp3) is 0.385. The Hall–Kier alpha value is -1.31.